The maximum Gasteiger partial charge on any atom is 0.233 e. The van der Waals surface area contributed by atoms with Crippen molar-refractivity contribution in [3.63, 3.8) is 0 Å². The first-order valence-corrected chi connectivity index (χ1v) is 9.48. The minimum Gasteiger partial charge on any atom is -0.489 e. The number of halogens is 1. The zero-order valence-corrected chi connectivity index (χ0v) is 16.2. The molecule has 2 aromatic rings. The van der Waals surface area contributed by atoms with Crippen LogP contribution in [0.3, 0.4) is 0 Å². The molecular formula is C21H25ClN2O3. The van der Waals surface area contributed by atoms with E-state index in [1.54, 1.807) is 24.3 Å². The maximum absolute atomic E-state index is 11.9. The first-order valence-electron chi connectivity index (χ1n) is 9.10. The number of nitrogens with one attached hydrogen (secondary N) is 2. The van der Waals surface area contributed by atoms with Gasteiger partial charge in [0.25, 0.3) is 0 Å². The Bertz CT molecular complexity index is 730. The van der Waals surface area contributed by atoms with Gasteiger partial charge in [-0.2, -0.15) is 0 Å². The number of hydrogen-bond donors (Lipinski definition) is 2. The third-order valence-electron chi connectivity index (χ3n) is 3.88. The number of rotatable bonds is 10. The lowest BCUT2D eigenvalue weighted by Gasteiger charge is -2.09. The van der Waals surface area contributed by atoms with Crippen LogP contribution in [-0.4, -0.2) is 18.4 Å². The Labute approximate surface area is 165 Å². The van der Waals surface area contributed by atoms with Crippen molar-refractivity contribution in [1.29, 1.82) is 0 Å². The lowest BCUT2D eigenvalue weighted by Crippen LogP contribution is -2.28. The lowest BCUT2D eigenvalue weighted by molar-refractivity contribution is -0.126. The van der Waals surface area contributed by atoms with Crippen LogP contribution in [0, 0.1) is 0 Å². The van der Waals surface area contributed by atoms with Gasteiger partial charge in [0.15, 0.2) is 0 Å². The van der Waals surface area contributed by atoms with Crippen LogP contribution >= 0.6 is 11.6 Å². The number of benzene rings is 2. The number of ether oxygens (including phenoxy) is 1. The minimum atomic E-state index is -0.335. The molecule has 0 aromatic heterocycles. The second kappa shape index (κ2) is 11.2. The molecule has 2 rings (SSSR count). The van der Waals surface area contributed by atoms with Crippen molar-refractivity contribution in [2.45, 2.75) is 39.2 Å². The summed E-state index contributed by atoms with van der Waals surface area (Å²) in [6, 6.07) is 14.5. The molecule has 0 aliphatic rings. The van der Waals surface area contributed by atoms with Crippen LogP contribution in [0.4, 0.5) is 5.69 Å². The summed E-state index contributed by atoms with van der Waals surface area (Å²) in [6.45, 7) is 3.14. The summed E-state index contributed by atoms with van der Waals surface area (Å²) in [7, 11) is 0. The van der Waals surface area contributed by atoms with Gasteiger partial charge in [-0.05, 0) is 48.4 Å². The molecule has 0 saturated carbocycles. The Kier molecular flexibility index (Phi) is 8.65. The normalized spacial score (nSPS) is 10.3. The van der Waals surface area contributed by atoms with Crippen LogP contribution in [0.2, 0.25) is 5.02 Å². The summed E-state index contributed by atoms with van der Waals surface area (Å²) in [4.78, 5) is 23.6. The van der Waals surface area contributed by atoms with Crippen LogP contribution in [0.5, 0.6) is 5.75 Å². The van der Waals surface area contributed by atoms with E-state index in [1.165, 1.54) is 0 Å². The van der Waals surface area contributed by atoms with Crippen LogP contribution in [0.25, 0.3) is 0 Å². The first kappa shape index (κ1) is 20.8. The topological polar surface area (TPSA) is 67.4 Å². The van der Waals surface area contributed by atoms with Gasteiger partial charge in [0.2, 0.25) is 11.8 Å². The van der Waals surface area contributed by atoms with Gasteiger partial charge in [-0.1, -0.05) is 43.5 Å². The molecule has 0 aliphatic carbocycles. The molecule has 27 heavy (non-hydrogen) atoms. The fourth-order valence-corrected chi connectivity index (χ4v) is 2.52. The predicted molar refractivity (Wildman–Crippen MR) is 108 cm³/mol. The largest absolute Gasteiger partial charge is 0.489 e. The van der Waals surface area contributed by atoms with Crippen molar-refractivity contribution in [1.82, 2.24) is 5.32 Å². The van der Waals surface area contributed by atoms with E-state index in [4.69, 9.17) is 16.3 Å². The fourth-order valence-electron chi connectivity index (χ4n) is 2.40. The zero-order valence-electron chi connectivity index (χ0n) is 15.5. The summed E-state index contributed by atoms with van der Waals surface area (Å²) >= 11 is 5.86. The lowest BCUT2D eigenvalue weighted by atomic mass is 10.2. The molecule has 6 heteroatoms. The van der Waals surface area contributed by atoms with E-state index in [1.807, 2.05) is 24.3 Å². The van der Waals surface area contributed by atoms with E-state index in [9.17, 15) is 9.59 Å². The highest BCUT2D eigenvalue weighted by Crippen LogP contribution is 2.18. The van der Waals surface area contributed by atoms with Crippen molar-refractivity contribution < 1.29 is 14.3 Å². The van der Waals surface area contributed by atoms with Crippen molar-refractivity contribution >= 4 is 29.1 Å². The molecular weight excluding hydrogens is 364 g/mol. The summed E-state index contributed by atoms with van der Waals surface area (Å²) in [5.41, 5.74) is 1.64. The number of unbranched alkanes of at least 4 members (excludes halogenated alkanes) is 2. The Morgan fingerprint density at radius 1 is 0.963 bits per heavy atom. The number of anilines is 1. The SMILES string of the molecule is CCCCCNC(=O)CC(=O)Nc1ccc(OCc2ccc(Cl)cc2)cc1. The van der Waals surface area contributed by atoms with Gasteiger partial charge < -0.3 is 15.4 Å². The summed E-state index contributed by atoms with van der Waals surface area (Å²) in [5.74, 6) is 0.0981. The van der Waals surface area contributed by atoms with E-state index in [0.717, 1.165) is 24.8 Å². The van der Waals surface area contributed by atoms with E-state index in [0.29, 0.717) is 29.6 Å². The van der Waals surface area contributed by atoms with Crippen LogP contribution < -0.4 is 15.4 Å². The summed E-state index contributed by atoms with van der Waals surface area (Å²) in [5, 5.41) is 6.15. The highest BCUT2D eigenvalue weighted by molar-refractivity contribution is 6.30. The van der Waals surface area contributed by atoms with Gasteiger partial charge in [-0.15, -0.1) is 0 Å². The molecule has 2 N–H and O–H groups in total. The van der Waals surface area contributed by atoms with E-state index in [2.05, 4.69) is 17.6 Å². The van der Waals surface area contributed by atoms with Crippen molar-refractivity contribution in [2.75, 3.05) is 11.9 Å². The molecule has 5 nitrogen and oxygen atoms in total. The van der Waals surface area contributed by atoms with Gasteiger partial charge in [-0.25, -0.2) is 0 Å². The molecule has 2 amide bonds. The molecule has 0 saturated heterocycles. The predicted octanol–water partition coefficient (Wildman–Crippen LogP) is 4.55. The third kappa shape index (κ3) is 8.13. The zero-order chi connectivity index (χ0) is 19.5. The number of hydrogen-bond acceptors (Lipinski definition) is 3. The van der Waals surface area contributed by atoms with Gasteiger partial charge in [0.05, 0.1) is 0 Å². The molecule has 0 aliphatic heterocycles. The molecule has 0 atom stereocenters. The Hall–Kier alpha value is -2.53. The van der Waals surface area contributed by atoms with E-state index in [-0.39, 0.29) is 18.2 Å². The number of amides is 2. The fraction of sp³-hybridized carbons (Fsp3) is 0.333. The van der Waals surface area contributed by atoms with Crippen molar-refractivity contribution in [3.05, 3.63) is 59.1 Å². The number of carbonyl (C=O) groups is 2. The quantitative estimate of drug-likeness (QED) is 0.463. The monoisotopic (exact) mass is 388 g/mol. The van der Waals surface area contributed by atoms with Gasteiger partial charge in [0, 0.05) is 17.3 Å². The molecule has 0 radical (unpaired) electrons. The smallest absolute Gasteiger partial charge is 0.233 e. The number of carbonyl (C=O) groups excluding carboxylic acids is 2. The molecule has 0 unspecified atom stereocenters. The van der Waals surface area contributed by atoms with Gasteiger partial charge in [-0.3, -0.25) is 9.59 Å². The first-order chi connectivity index (χ1) is 13.1. The average molecular weight is 389 g/mol. The molecule has 0 heterocycles. The summed E-state index contributed by atoms with van der Waals surface area (Å²) < 4.78 is 5.70. The standard InChI is InChI=1S/C21H25ClN2O3/c1-2-3-4-13-23-20(25)14-21(26)24-18-9-11-19(12-10-18)27-15-16-5-7-17(22)8-6-16/h5-12H,2-4,13-15H2,1H3,(H,23,25)(H,24,26). The van der Waals surface area contributed by atoms with E-state index < -0.39 is 0 Å². The highest BCUT2D eigenvalue weighted by Gasteiger charge is 2.09. The molecule has 0 spiro atoms. The Morgan fingerprint density at radius 3 is 2.33 bits per heavy atom. The van der Waals surface area contributed by atoms with Gasteiger partial charge >= 0.3 is 0 Å². The van der Waals surface area contributed by atoms with Crippen LogP contribution in [0.15, 0.2) is 48.5 Å². The van der Waals surface area contributed by atoms with Crippen LogP contribution in [0.1, 0.15) is 38.2 Å². The molecule has 144 valence electrons. The third-order valence-corrected chi connectivity index (χ3v) is 4.13. The van der Waals surface area contributed by atoms with Crippen molar-refractivity contribution in [2.24, 2.45) is 0 Å². The maximum atomic E-state index is 11.9. The average Bonchev–Trinajstić information content (AvgIpc) is 2.66. The molecule has 2 aromatic carbocycles. The second-order valence-corrected chi connectivity index (χ2v) is 6.66. The van der Waals surface area contributed by atoms with Crippen molar-refractivity contribution in [3.8, 4) is 5.75 Å². The van der Waals surface area contributed by atoms with Crippen LogP contribution in [-0.2, 0) is 16.2 Å². The Morgan fingerprint density at radius 2 is 1.67 bits per heavy atom. The highest BCUT2D eigenvalue weighted by atomic mass is 35.5. The Balaban J connectivity index is 1.73. The molecule has 0 fully saturated rings. The van der Waals surface area contributed by atoms with E-state index >= 15 is 0 Å². The molecule has 0 bridgehead atoms. The minimum absolute atomic E-state index is 0.180. The summed E-state index contributed by atoms with van der Waals surface area (Å²) in [6.07, 6.45) is 2.91. The van der Waals surface area contributed by atoms with Gasteiger partial charge in [0.1, 0.15) is 18.8 Å². The second-order valence-electron chi connectivity index (χ2n) is 6.22.